The minimum Gasteiger partial charge on any atom is -0.392 e. The normalized spacial score (nSPS) is 17.5. The van der Waals surface area contributed by atoms with Crippen LogP contribution in [-0.2, 0) is 6.54 Å². The molecule has 3 heterocycles. The number of benzene rings is 1. The van der Waals surface area contributed by atoms with Crippen molar-refractivity contribution in [3.63, 3.8) is 0 Å². The molecule has 2 N–H and O–H groups in total. The van der Waals surface area contributed by atoms with Crippen LogP contribution in [0.15, 0.2) is 59.7 Å². The monoisotopic (exact) mass is 348 g/mol. The van der Waals surface area contributed by atoms with Gasteiger partial charge in [-0.15, -0.1) is 0 Å². The number of aromatic amines is 1. The number of aromatic nitrogens is 3. The largest absolute Gasteiger partial charge is 0.392 e. The summed E-state index contributed by atoms with van der Waals surface area (Å²) in [5.74, 6) is 0.541. The third-order valence-electron chi connectivity index (χ3n) is 4.58. The van der Waals surface area contributed by atoms with Crippen LogP contribution in [0.3, 0.4) is 0 Å². The molecule has 0 spiro atoms. The third-order valence-corrected chi connectivity index (χ3v) is 4.58. The standard InChI is InChI=1S/C20H20N4O2/c25-17-7-9-24(13-17)12-14-3-5-15(6-4-14)20-22-18(10-19(26)23-20)16-2-1-8-21-11-16/h1-6,8,10-11,17,25H,7,9,12-13H2,(H,22,23,26)/t17-/m0/s1. The third kappa shape index (κ3) is 3.71. The Kier molecular flexibility index (Phi) is 4.60. The molecule has 0 saturated carbocycles. The van der Waals surface area contributed by atoms with Crippen LogP contribution in [0.25, 0.3) is 22.6 Å². The first kappa shape index (κ1) is 16.6. The lowest BCUT2D eigenvalue weighted by atomic mass is 10.1. The van der Waals surface area contributed by atoms with Gasteiger partial charge in [-0.25, -0.2) is 4.98 Å². The first-order valence-corrected chi connectivity index (χ1v) is 8.69. The van der Waals surface area contributed by atoms with Crippen molar-refractivity contribution in [3.05, 3.63) is 70.8 Å². The highest BCUT2D eigenvalue weighted by Crippen LogP contribution is 2.20. The fourth-order valence-electron chi connectivity index (χ4n) is 3.24. The number of pyridine rings is 1. The lowest BCUT2D eigenvalue weighted by Gasteiger charge is -2.15. The molecule has 0 unspecified atom stereocenters. The molecule has 2 aromatic heterocycles. The Labute approximate surface area is 151 Å². The van der Waals surface area contributed by atoms with Gasteiger partial charge >= 0.3 is 0 Å². The van der Waals surface area contributed by atoms with Crippen LogP contribution < -0.4 is 5.56 Å². The molecule has 0 aliphatic carbocycles. The zero-order chi connectivity index (χ0) is 17.9. The van der Waals surface area contributed by atoms with Crippen molar-refractivity contribution in [1.82, 2.24) is 19.9 Å². The van der Waals surface area contributed by atoms with E-state index in [2.05, 4.69) is 19.9 Å². The molecule has 1 aliphatic rings. The van der Waals surface area contributed by atoms with Gasteiger partial charge in [0.1, 0.15) is 5.82 Å². The van der Waals surface area contributed by atoms with E-state index in [1.807, 2.05) is 36.4 Å². The molecule has 6 heteroatoms. The molecule has 4 rings (SSSR count). The average Bonchev–Trinajstić information content (AvgIpc) is 3.07. The predicted molar refractivity (Wildman–Crippen MR) is 99.4 cm³/mol. The predicted octanol–water partition coefficient (Wildman–Crippen LogP) is 2.07. The maximum Gasteiger partial charge on any atom is 0.251 e. The Bertz CT molecular complexity index is 938. The van der Waals surface area contributed by atoms with Crippen molar-refractivity contribution in [2.24, 2.45) is 0 Å². The number of H-pyrrole nitrogens is 1. The molecule has 1 aliphatic heterocycles. The Morgan fingerprint density at radius 1 is 1.19 bits per heavy atom. The number of β-amino-alcohol motifs (C(OH)–C–C–N with tert-alkyl or cyclic N) is 1. The maximum atomic E-state index is 12.0. The van der Waals surface area contributed by atoms with Crippen LogP contribution in [0.4, 0.5) is 0 Å². The number of nitrogens with one attached hydrogen (secondary N) is 1. The summed E-state index contributed by atoms with van der Waals surface area (Å²) in [6.45, 7) is 2.46. The first-order chi connectivity index (χ1) is 12.7. The summed E-state index contributed by atoms with van der Waals surface area (Å²) < 4.78 is 0. The number of aliphatic hydroxyl groups is 1. The zero-order valence-electron chi connectivity index (χ0n) is 14.3. The van der Waals surface area contributed by atoms with E-state index in [9.17, 15) is 9.90 Å². The zero-order valence-corrected chi connectivity index (χ0v) is 14.3. The van der Waals surface area contributed by atoms with Crippen LogP contribution in [0.5, 0.6) is 0 Å². The number of likely N-dealkylation sites (tertiary alicyclic amines) is 1. The second-order valence-electron chi connectivity index (χ2n) is 6.60. The Morgan fingerprint density at radius 3 is 2.73 bits per heavy atom. The van der Waals surface area contributed by atoms with Gasteiger partial charge in [-0.2, -0.15) is 0 Å². The first-order valence-electron chi connectivity index (χ1n) is 8.69. The molecule has 3 aromatic rings. The number of rotatable bonds is 4. The lowest BCUT2D eigenvalue weighted by Crippen LogP contribution is -2.21. The van der Waals surface area contributed by atoms with E-state index in [-0.39, 0.29) is 11.7 Å². The van der Waals surface area contributed by atoms with E-state index < -0.39 is 0 Å². The average molecular weight is 348 g/mol. The van der Waals surface area contributed by atoms with Gasteiger partial charge in [-0.3, -0.25) is 14.7 Å². The molecular formula is C20H20N4O2. The summed E-state index contributed by atoms with van der Waals surface area (Å²) >= 11 is 0. The topological polar surface area (TPSA) is 82.1 Å². The molecular weight excluding hydrogens is 328 g/mol. The van der Waals surface area contributed by atoms with Gasteiger partial charge in [-0.05, 0) is 24.1 Å². The van der Waals surface area contributed by atoms with Crippen molar-refractivity contribution in [1.29, 1.82) is 0 Å². The van der Waals surface area contributed by atoms with Gasteiger partial charge in [0.2, 0.25) is 0 Å². The summed E-state index contributed by atoms with van der Waals surface area (Å²) in [6.07, 6.45) is 4.01. The summed E-state index contributed by atoms with van der Waals surface area (Å²) in [7, 11) is 0. The van der Waals surface area contributed by atoms with Gasteiger partial charge < -0.3 is 10.1 Å². The molecule has 0 radical (unpaired) electrons. The molecule has 0 bridgehead atoms. The van der Waals surface area contributed by atoms with Gasteiger partial charge in [-0.1, -0.05) is 24.3 Å². The van der Waals surface area contributed by atoms with Gasteiger partial charge in [0.05, 0.1) is 11.8 Å². The molecule has 1 fully saturated rings. The molecule has 26 heavy (non-hydrogen) atoms. The fraction of sp³-hybridized carbons (Fsp3) is 0.250. The van der Waals surface area contributed by atoms with Crippen molar-refractivity contribution in [3.8, 4) is 22.6 Å². The van der Waals surface area contributed by atoms with E-state index >= 15 is 0 Å². The Hall–Kier alpha value is -2.83. The summed E-state index contributed by atoms with van der Waals surface area (Å²) in [6, 6.07) is 13.2. The van der Waals surface area contributed by atoms with Crippen LogP contribution in [-0.4, -0.2) is 44.2 Å². The highest BCUT2D eigenvalue weighted by atomic mass is 16.3. The molecule has 6 nitrogen and oxygen atoms in total. The Balaban J connectivity index is 1.57. The highest BCUT2D eigenvalue weighted by molar-refractivity contribution is 5.62. The van der Waals surface area contributed by atoms with E-state index in [0.29, 0.717) is 11.5 Å². The molecule has 1 saturated heterocycles. The van der Waals surface area contributed by atoms with Gasteiger partial charge in [0, 0.05) is 49.2 Å². The minimum absolute atomic E-state index is 0.191. The smallest absolute Gasteiger partial charge is 0.251 e. The second kappa shape index (κ2) is 7.19. The highest BCUT2D eigenvalue weighted by Gasteiger charge is 2.19. The van der Waals surface area contributed by atoms with Crippen LogP contribution in [0.2, 0.25) is 0 Å². The van der Waals surface area contributed by atoms with E-state index in [1.165, 1.54) is 11.6 Å². The van der Waals surface area contributed by atoms with Crippen LogP contribution in [0, 0.1) is 0 Å². The molecule has 1 atom stereocenters. The Morgan fingerprint density at radius 2 is 2.04 bits per heavy atom. The maximum absolute atomic E-state index is 12.0. The molecule has 132 valence electrons. The number of aliphatic hydroxyl groups excluding tert-OH is 1. The van der Waals surface area contributed by atoms with Crippen molar-refractivity contribution in [2.45, 2.75) is 19.1 Å². The van der Waals surface area contributed by atoms with Gasteiger partial charge in [0.15, 0.2) is 0 Å². The number of nitrogens with zero attached hydrogens (tertiary/aromatic N) is 3. The number of hydrogen-bond acceptors (Lipinski definition) is 5. The van der Waals surface area contributed by atoms with Crippen molar-refractivity contribution < 1.29 is 5.11 Å². The van der Waals surface area contributed by atoms with Gasteiger partial charge in [0.25, 0.3) is 5.56 Å². The second-order valence-corrected chi connectivity index (χ2v) is 6.60. The lowest BCUT2D eigenvalue weighted by molar-refractivity contribution is 0.175. The van der Waals surface area contributed by atoms with E-state index in [1.54, 1.807) is 12.4 Å². The van der Waals surface area contributed by atoms with Crippen molar-refractivity contribution in [2.75, 3.05) is 13.1 Å². The summed E-state index contributed by atoms with van der Waals surface area (Å²) in [5.41, 5.74) is 3.26. The number of hydrogen-bond donors (Lipinski definition) is 2. The fourth-order valence-corrected chi connectivity index (χ4v) is 3.24. The molecule has 0 amide bonds. The molecule has 1 aromatic carbocycles. The SMILES string of the molecule is O=c1cc(-c2cccnc2)nc(-c2ccc(CN3CC[C@H](O)C3)cc2)[nH]1. The minimum atomic E-state index is -0.209. The van der Waals surface area contributed by atoms with E-state index in [4.69, 9.17) is 0 Å². The van der Waals surface area contributed by atoms with Crippen molar-refractivity contribution >= 4 is 0 Å². The summed E-state index contributed by atoms with van der Waals surface area (Å²) in [4.78, 5) is 25.7. The van der Waals surface area contributed by atoms with E-state index in [0.717, 1.165) is 37.2 Å². The quantitative estimate of drug-likeness (QED) is 0.754. The van der Waals surface area contributed by atoms with Crippen LogP contribution in [0.1, 0.15) is 12.0 Å². The van der Waals surface area contributed by atoms with Crippen LogP contribution >= 0.6 is 0 Å². The summed E-state index contributed by atoms with van der Waals surface area (Å²) in [5, 5.41) is 9.63.